The van der Waals surface area contributed by atoms with Crippen LogP contribution in [0.5, 0.6) is 0 Å². The molecule has 0 saturated carbocycles. The molecule has 9 rings (SSSR count). The lowest BCUT2D eigenvalue weighted by Crippen LogP contribution is -2.57. The molecule has 2 aromatic heterocycles. The first-order valence-electron chi connectivity index (χ1n) is 27.5. The van der Waals surface area contributed by atoms with Crippen molar-refractivity contribution in [2.75, 3.05) is 50.7 Å². The number of aliphatic hydroxyl groups excluding tert-OH is 1. The van der Waals surface area contributed by atoms with Gasteiger partial charge in [0.1, 0.15) is 12.1 Å². The highest BCUT2D eigenvalue weighted by Crippen LogP contribution is 2.46. The lowest BCUT2D eigenvalue weighted by atomic mass is 9.70. The average molecular weight is 1050 g/mol. The molecule has 3 aromatic carbocycles. The van der Waals surface area contributed by atoms with Gasteiger partial charge >= 0.3 is 0 Å². The van der Waals surface area contributed by atoms with Crippen LogP contribution in [0.15, 0.2) is 60.1 Å². The molecule has 5 aromatic rings. The molecule has 16 heteroatoms. The quantitative estimate of drug-likeness (QED) is 0.0701. The number of β-amino-alcohol motifs (C(OH)–C–C–N with tert-alkyl or cyclic N) is 1. The number of aromatic amines is 1. The molecule has 0 bridgehead atoms. The highest BCUT2D eigenvalue weighted by Gasteiger charge is 2.45. The Kier molecular flexibility index (Phi) is 16.2. The number of carbonyl (C=O) groups is 5. The molecule has 4 amide bonds. The molecule has 0 spiro atoms. The summed E-state index contributed by atoms with van der Waals surface area (Å²) in [6, 6.07) is 18.8. The van der Waals surface area contributed by atoms with Gasteiger partial charge in [0.05, 0.1) is 39.4 Å². The monoisotopic (exact) mass is 1050 g/mol. The van der Waals surface area contributed by atoms with Gasteiger partial charge in [0.2, 0.25) is 23.6 Å². The van der Waals surface area contributed by atoms with Gasteiger partial charge in [-0.05, 0) is 91.0 Å². The van der Waals surface area contributed by atoms with E-state index in [-0.39, 0.29) is 55.3 Å². The number of piperidine rings is 1. The van der Waals surface area contributed by atoms with E-state index < -0.39 is 29.0 Å². The van der Waals surface area contributed by atoms with Crippen LogP contribution in [0.3, 0.4) is 0 Å². The van der Waals surface area contributed by atoms with Crippen molar-refractivity contribution in [2.24, 2.45) is 5.41 Å². The number of H-pyrrole nitrogens is 1. The summed E-state index contributed by atoms with van der Waals surface area (Å²) in [5, 5.41) is 26.9. The second-order valence-electron chi connectivity index (χ2n) is 23.1. The molecule has 402 valence electrons. The van der Waals surface area contributed by atoms with Crippen molar-refractivity contribution in [3.63, 3.8) is 0 Å². The maximum Gasteiger partial charge on any atom is 0.246 e. The number of thiazole rings is 1. The van der Waals surface area contributed by atoms with E-state index in [1.54, 1.807) is 17.4 Å². The zero-order valence-electron chi connectivity index (χ0n) is 45.4. The van der Waals surface area contributed by atoms with E-state index in [2.05, 4.69) is 69.4 Å². The molecule has 15 nitrogen and oxygen atoms in total. The minimum Gasteiger partial charge on any atom is -0.391 e. The largest absolute Gasteiger partial charge is 0.391 e. The number of aliphatic hydroxyl groups is 1. The first-order chi connectivity index (χ1) is 36.4. The van der Waals surface area contributed by atoms with Crippen molar-refractivity contribution >= 4 is 57.3 Å². The van der Waals surface area contributed by atoms with E-state index in [1.807, 2.05) is 74.5 Å². The number of hydrogen-bond donors (Lipinski definition) is 4. The van der Waals surface area contributed by atoms with Gasteiger partial charge < -0.3 is 35.4 Å². The van der Waals surface area contributed by atoms with Crippen molar-refractivity contribution in [3.8, 4) is 16.5 Å². The van der Waals surface area contributed by atoms with Crippen molar-refractivity contribution in [2.45, 2.75) is 149 Å². The molecule has 3 atom stereocenters. The van der Waals surface area contributed by atoms with Crippen molar-refractivity contribution in [3.05, 3.63) is 105 Å². The predicted octanol–water partition coefficient (Wildman–Crippen LogP) is 8.17. The van der Waals surface area contributed by atoms with Crippen LogP contribution in [0, 0.1) is 23.7 Å². The molecule has 4 aliphatic rings. The van der Waals surface area contributed by atoms with E-state index in [0.29, 0.717) is 30.0 Å². The Labute approximate surface area is 451 Å². The number of anilines is 1. The van der Waals surface area contributed by atoms with E-state index in [4.69, 9.17) is 0 Å². The lowest BCUT2D eigenvalue weighted by molar-refractivity contribution is -0.144. The molecule has 3 fully saturated rings. The van der Waals surface area contributed by atoms with Crippen molar-refractivity contribution < 1.29 is 29.1 Å². The number of ketones is 1. The highest BCUT2D eigenvalue weighted by atomic mass is 32.1. The number of unbranched alkanes of at least 4 members (excludes halogenated alkanes) is 3. The number of rotatable bonds is 16. The van der Waals surface area contributed by atoms with Crippen molar-refractivity contribution in [1.82, 2.24) is 35.3 Å². The molecular formula is C60H75N9O6S. The Bertz CT molecular complexity index is 3020. The zero-order valence-corrected chi connectivity index (χ0v) is 46.2. The summed E-state index contributed by atoms with van der Waals surface area (Å²) >= 11 is 1.58. The van der Waals surface area contributed by atoms with Crippen LogP contribution in [0.2, 0.25) is 0 Å². The SMILES string of the molecule is CCc1cc2c(cc1N1CCC(N3CCN(C(=O)CCCCCCC(=O)N[C@H](C(=O)N4C[C@H](O)C[C@H]4C(=O)NCc4ccc(-c5scnc5C)cc4)C(C)(C)C)CC3)CC1)C(C)(C)c1[nH]c3cc(C#N)ccc3c1C2=O. The Balaban J connectivity index is 0.686. The zero-order chi connectivity index (χ0) is 54.1. The fourth-order valence-corrected chi connectivity index (χ4v) is 12.9. The number of nitriles is 1. The van der Waals surface area contributed by atoms with E-state index in [0.717, 1.165) is 127 Å². The second kappa shape index (κ2) is 22.7. The minimum atomic E-state index is -0.885. The van der Waals surface area contributed by atoms with Crippen LogP contribution in [0.25, 0.3) is 21.3 Å². The van der Waals surface area contributed by atoms with E-state index >= 15 is 0 Å². The standard InChI is InChI=1S/C60H75N9O6S/c1-8-40-30-45-46(60(6,7)55-52(53(45)73)44-20-17-39(33-61)29-47(44)64-55)32-48(40)67-23-21-42(22-24-67)66-25-27-68(28-26-66)51(72)14-12-10-9-11-13-50(71)65-56(59(3,4)5)58(75)69-35-43(70)31-49(69)57(74)62-34-38-15-18-41(19-16-38)54-37(2)63-36-76-54/h15-20,29-30,32,36,42-43,49,56,64,70H,8-14,21-28,31,34-35H2,1-7H3,(H,62,74)(H,65,71)/t43-,49+,56-/m1/s1. The van der Waals surface area contributed by atoms with E-state index in [9.17, 15) is 34.3 Å². The number of nitrogens with one attached hydrogen (secondary N) is 3. The van der Waals surface area contributed by atoms with Gasteiger partial charge in [0, 0.05) is 111 Å². The van der Waals surface area contributed by atoms with Gasteiger partial charge in [-0.1, -0.05) is 84.7 Å². The maximum atomic E-state index is 14.2. The Morgan fingerprint density at radius 2 is 1.66 bits per heavy atom. The summed E-state index contributed by atoms with van der Waals surface area (Å²) in [6.07, 6.45) is 5.86. The summed E-state index contributed by atoms with van der Waals surface area (Å²) in [5.74, 6) is -0.743. The normalized spacial score (nSPS) is 19.3. The van der Waals surface area contributed by atoms with Gasteiger partial charge in [-0.25, -0.2) is 4.98 Å². The predicted molar refractivity (Wildman–Crippen MR) is 297 cm³/mol. The smallest absolute Gasteiger partial charge is 0.246 e. The van der Waals surface area contributed by atoms with Crippen LogP contribution >= 0.6 is 11.3 Å². The number of hydrogen-bond acceptors (Lipinski definition) is 11. The highest BCUT2D eigenvalue weighted by molar-refractivity contribution is 7.13. The van der Waals surface area contributed by atoms with Crippen LogP contribution in [-0.2, 0) is 37.6 Å². The van der Waals surface area contributed by atoms with E-state index in [1.165, 1.54) is 16.2 Å². The molecule has 5 heterocycles. The number of likely N-dealkylation sites (tertiary alicyclic amines) is 1. The molecule has 76 heavy (non-hydrogen) atoms. The third-order valence-electron chi connectivity index (χ3n) is 16.5. The fourth-order valence-electron chi connectivity index (χ4n) is 12.1. The van der Waals surface area contributed by atoms with Crippen LogP contribution in [0.1, 0.15) is 149 Å². The molecule has 3 saturated heterocycles. The Morgan fingerprint density at radius 3 is 2.32 bits per heavy atom. The molecule has 0 unspecified atom stereocenters. The number of piperazine rings is 1. The van der Waals surface area contributed by atoms with Gasteiger partial charge in [-0.3, -0.25) is 28.9 Å². The second-order valence-corrected chi connectivity index (χ2v) is 23.9. The summed E-state index contributed by atoms with van der Waals surface area (Å²) in [4.78, 5) is 85.9. The number of nitrogens with zero attached hydrogens (tertiary/aromatic N) is 6. The summed E-state index contributed by atoms with van der Waals surface area (Å²) in [6.45, 7) is 19.4. The van der Waals surface area contributed by atoms with Gasteiger partial charge in [0.25, 0.3) is 0 Å². The third-order valence-corrected chi connectivity index (χ3v) is 17.5. The van der Waals surface area contributed by atoms with Crippen molar-refractivity contribution in [1.29, 1.82) is 5.26 Å². The number of fused-ring (bicyclic) bond motifs is 4. The first-order valence-corrected chi connectivity index (χ1v) is 28.3. The molecular weight excluding hydrogens is 975 g/mol. The number of aromatic nitrogens is 2. The summed E-state index contributed by atoms with van der Waals surface area (Å²) in [5.41, 5.74) is 10.9. The summed E-state index contributed by atoms with van der Waals surface area (Å²) < 4.78 is 0. The molecule has 0 radical (unpaired) electrons. The number of carbonyl (C=O) groups excluding carboxylic acids is 5. The van der Waals surface area contributed by atoms with Gasteiger partial charge in [0.15, 0.2) is 5.78 Å². The van der Waals surface area contributed by atoms with Gasteiger partial charge in [-0.2, -0.15) is 5.26 Å². The van der Waals surface area contributed by atoms with Gasteiger partial charge in [-0.15, -0.1) is 11.3 Å². The molecule has 1 aliphatic carbocycles. The topological polar surface area (TPSA) is 195 Å². The lowest BCUT2D eigenvalue weighted by Gasteiger charge is -2.44. The van der Waals surface area contributed by atoms with Crippen LogP contribution in [0.4, 0.5) is 5.69 Å². The first kappa shape index (κ1) is 54.4. The maximum absolute atomic E-state index is 14.2. The Hall–Kier alpha value is -6.41. The Morgan fingerprint density at radius 1 is 0.947 bits per heavy atom. The van der Waals surface area contributed by atoms with Crippen LogP contribution in [-0.4, -0.2) is 129 Å². The minimum absolute atomic E-state index is 0.0154. The molecule has 3 aliphatic heterocycles. The number of aryl methyl sites for hydroxylation is 2. The number of amides is 4. The number of benzene rings is 3. The molecule has 4 N–H and O–H groups in total. The third kappa shape index (κ3) is 11.3. The van der Waals surface area contributed by atoms with Crippen LogP contribution < -0.4 is 15.5 Å². The fraction of sp³-hybridized carbons (Fsp3) is 0.517. The summed E-state index contributed by atoms with van der Waals surface area (Å²) in [7, 11) is 0. The average Bonchev–Trinajstić information content (AvgIpc) is 4.21.